The molecule has 0 saturated carbocycles. The molecule has 0 bridgehead atoms. The van der Waals surface area contributed by atoms with Crippen molar-refractivity contribution in [3.05, 3.63) is 0 Å². The molecule has 0 aromatic heterocycles. The first-order valence-corrected chi connectivity index (χ1v) is 6.14. The van der Waals surface area contributed by atoms with E-state index in [-0.39, 0.29) is 5.79 Å². The topological polar surface area (TPSA) is 18.5 Å². The first-order valence-electron chi connectivity index (χ1n) is 6.14. The van der Waals surface area contributed by atoms with Crippen LogP contribution in [0.4, 0.5) is 0 Å². The molecule has 0 atom stereocenters. The van der Waals surface area contributed by atoms with E-state index >= 15 is 0 Å². The Balaban J connectivity index is 2.57. The molecule has 1 heterocycles. The second kappa shape index (κ2) is 4.84. The van der Waals surface area contributed by atoms with E-state index in [1.807, 2.05) is 0 Å². The minimum atomic E-state index is -0.314. The first kappa shape index (κ1) is 13.0. The molecule has 0 amide bonds. The molecule has 0 aliphatic carbocycles. The third-order valence-corrected chi connectivity index (χ3v) is 3.08. The molecule has 1 rings (SSSR count). The summed E-state index contributed by atoms with van der Waals surface area (Å²) in [6.07, 6.45) is 3.18. The predicted octanol–water partition coefficient (Wildman–Crippen LogP) is 3.60. The number of rotatable bonds is 3. The quantitative estimate of drug-likeness (QED) is 0.714. The molecule has 15 heavy (non-hydrogen) atoms. The van der Waals surface area contributed by atoms with E-state index in [9.17, 15) is 0 Å². The highest BCUT2D eigenvalue weighted by Gasteiger charge is 2.38. The summed E-state index contributed by atoms with van der Waals surface area (Å²) in [6.45, 7) is 12.9. The molecule has 0 unspecified atom stereocenters. The van der Waals surface area contributed by atoms with Crippen molar-refractivity contribution in [1.29, 1.82) is 0 Å². The monoisotopic (exact) mass is 214 g/mol. The van der Waals surface area contributed by atoms with Gasteiger partial charge in [0.2, 0.25) is 0 Å². The van der Waals surface area contributed by atoms with Crippen molar-refractivity contribution in [2.24, 2.45) is 11.3 Å². The van der Waals surface area contributed by atoms with Gasteiger partial charge in [-0.25, -0.2) is 0 Å². The van der Waals surface area contributed by atoms with E-state index in [0.29, 0.717) is 11.3 Å². The average molecular weight is 214 g/mol. The van der Waals surface area contributed by atoms with Crippen LogP contribution < -0.4 is 0 Å². The molecule has 0 radical (unpaired) electrons. The van der Waals surface area contributed by atoms with E-state index in [1.165, 1.54) is 0 Å². The third-order valence-electron chi connectivity index (χ3n) is 3.08. The summed E-state index contributed by atoms with van der Waals surface area (Å²) in [5.41, 5.74) is 0.353. The van der Waals surface area contributed by atoms with Crippen LogP contribution in [0.25, 0.3) is 0 Å². The number of ether oxygens (including phenoxy) is 2. The second-order valence-corrected chi connectivity index (χ2v) is 6.08. The van der Waals surface area contributed by atoms with Crippen LogP contribution in [0, 0.1) is 11.3 Å². The Labute approximate surface area is 94.3 Å². The molecule has 1 aliphatic rings. The van der Waals surface area contributed by atoms with Gasteiger partial charge in [0.25, 0.3) is 0 Å². The van der Waals surface area contributed by atoms with E-state index < -0.39 is 0 Å². The van der Waals surface area contributed by atoms with Crippen LogP contribution in [0.3, 0.4) is 0 Å². The van der Waals surface area contributed by atoms with Crippen molar-refractivity contribution >= 4 is 0 Å². The average Bonchev–Trinajstić information content (AvgIpc) is 2.15. The zero-order chi connectivity index (χ0) is 11.5. The highest BCUT2D eigenvalue weighted by Crippen LogP contribution is 2.35. The van der Waals surface area contributed by atoms with Gasteiger partial charge in [0.15, 0.2) is 5.79 Å². The highest BCUT2D eigenvalue weighted by molar-refractivity contribution is 4.79. The summed E-state index contributed by atoms with van der Waals surface area (Å²) in [5.74, 6) is 0.117. The minimum absolute atomic E-state index is 0.314. The van der Waals surface area contributed by atoms with Gasteiger partial charge < -0.3 is 9.47 Å². The standard InChI is InChI=1S/C13H26O2/c1-11(2)13(8-7-12(3,4)5)14-9-6-10-15-13/h11H,6-10H2,1-5H3. The maximum Gasteiger partial charge on any atom is 0.170 e. The molecular formula is C13H26O2. The van der Waals surface area contributed by atoms with Gasteiger partial charge >= 0.3 is 0 Å². The van der Waals surface area contributed by atoms with Crippen molar-refractivity contribution < 1.29 is 9.47 Å². The van der Waals surface area contributed by atoms with Crippen molar-refractivity contribution in [2.75, 3.05) is 13.2 Å². The molecule has 2 heteroatoms. The van der Waals surface area contributed by atoms with Gasteiger partial charge in [-0.05, 0) is 18.3 Å². The van der Waals surface area contributed by atoms with Crippen LogP contribution in [0.5, 0.6) is 0 Å². The Morgan fingerprint density at radius 3 is 2.07 bits per heavy atom. The van der Waals surface area contributed by atoms with Gasteiger partial charge in [-0.1, -0.05) is 34.6 Å². The molecule has 0 aromatic rings. The second-order valence-electron chi connectivity index (χ2n) is 6.08. The summed E-state index contributed by atoms with van der Waals surface area (Å²) >= 11 is 0. The van der Waals surface area contributed by atoms with Crippen LogP contribution in [-0.4, -0.2) is 19.0 Å². The Bertz CT molecular complexity index is 185. The molecule has 1 fully saturated rings. The summed E-state index contributed by atoms with van der Waals surface area (Å²) in [6, 6.07) is 0. The summed E-state index contributed by atoms with van der Waals surface area (Å²) in [4.78, 5) is 0. The van der Waals surface area contributed by atoms with Crippen LogP contribution in [-0.2, 0) is 9.47 Å². The Morgan fingerprint density at radius 1 is 1.13 bits per heavy atom. The van der Waals surface area contributed by atoms with Gasteiger partial charge in [-0.15, -0.1) is 0 Å². The van der Waals surface area contributed by atoms with E-state index in [4.69, 9.17) is 9.47 Å². The Morgan fingerprint density at radius 2 is 1.67 bits per heavy atom. The molecule has 0 spiro atoms. The predicted molar refractivity (Wildman–Crippen MR) is 62.8 cm³/mol. The van der Waals surface area contributed by atoms with Gasteiger partial charge in [0.1, 0.15) is 0 Å². The van der Waals surface area contributed by atoms with Crippen molar-refractivity contribution in [3.8, 4) is 0 Å². The molecule has 0 N–H and O–H groups in total. The fourth-order valence-electron chi connectivity index (χ4n) is 1.91. The van der Waals surface area contributed by atoms with Gasteiger partial charge in [-0.2, -0.15) is 0 Å². The van der Waals surface area contributed by atoms with Gasteiger partial charge in [-0.3, -0.25) is 0 Å². The molecule has 1 aliphatic heterocycles. The lowest BCUT2D eigenvalue weighted by Gasteiger charge is -2.41. The molecule has 1 saturated heterocycles. The van der Waals surface area contributed by atoms with Crippen molar-refractivity contribution in [3.63, 3.8) is 0 Å². The van der Waals surface area contributed by atoms with Crippen molar-refractivity contribution in [2.45, 2.75) is 59.7 Å². The highest BCUT2D eigenvalue weighted by atomic mass is 16.7. The SMILES string of the molecule is CC(C)C1(CCC(C)(C)C)OCCCO1. The number of hydrogen-bond donors (Lipinski definition) is 0. The van der Waals surface area contributed by atoms with Crippen LogP contribution in [0.15, 0.2) is 0 Å². The Hall–Kier alpha value is -0.0800. The zero-order valence-electron chi connectivity index (χ0n) is 10.9. The maximum absolute atomic E-state index is 5.90. The lowest BCUT2D eigenvalue weighted by Crippen LogP contribution is -2.45. The zero-order valence-corrected chi connectivity index (χ0v) is 10.9. The van der Waals surface area contributed by atoms with Crippen LogP contribution >= 0.6 is 0 Å². The fourth-order valence-corrected chi connectivity index (χ4v) is 1.91. The Kier molecular flexibility index (Phi) is 4.19. The molecule has 0 aromatic carbocycles. The maximum atomic E-state index is 5.90. The normalized spacial score (nSPS) is 22.0. The lowest BCUT2D eigenvalue weighted by atomic mass is 9.85. The van der Waals surface area contributed by atoms with E-state index in [1.54, 1.807) is 0 Å². The largest absolute Gasteiger partial charge is 0.350 e. The summed E-state index contributed by atoms with van der Waals surface area (Å²) in [5, 5.41) is 0. The smallest absolute Gasteiger partial charge is 0.170 e. The third kappa shape index (κ3) is 3.76. The molecule has 90 valence electrons. The molecular weight excluding hydrogens is 188 g/mol. The van der Waals surface area contributed by atoms with E-state index in [2.05, 4.69) is 34.6 Å². The molecule has 2 nitrogen and oxygen atoms in total. The summed E-state index contributed by atoms with van der Waals surface area (Å²) < 4.78 is 11.8. The summed E-state index contributed by atoms with van der Waals surface area (Å²) in [7, 11) is 0. The first-order chi connectivity index (χ1) is 6.86. The van der Waals surface area contributed by atoms with Gasteiger partial charge in [0, 0.05) is 12.3 Å². The minimum Gasteiger partial charge on any atom is -0.350 e. The van der Waals surface area contributed by atoms with Crippen LogP contribution in [0.1, 0.15) is 53.9 Å². The lowest BCUT2D eigenvalue weighted by molar-refractivity contribution is -0.294. The van der Waals surface area contributed by atoms with Crippen LogP contribution in [0.2, 0.25) is 0 Å². The fraction of sp³-hybridized carbons (Fsp3) is 1.00. The van der Waals surface area contributed by atoms with Crippen molar-refractivity contribution in [1.82, 2.24) is 0 Å². The van der Waals surface area contributed by atoms with Gasteiger partial charge in [0.05, 0.1) is 13.2 Å². The van der Waals surface area contributed by atoms with E-state index in [0.717, 1.165) is 32.5 Å². The number of hydrogen-bond acceptors (Lipinski definition) is 2.